The van der Waals surface area contributed by atoms with E-state index in [-0.39, 0.29) is 0 Å². The summed E-state index contributed by atoms with van der Waals surface area (Å²) in [5.74, 6) is 0.638. The maximum absolute atomic E-state index is 11.9. The summed E-state index contributed by atoms with van der Waals surface area (Å²) in [4.78, 5) is 16.3. The lowest BCUT2D eigenvalue weighted by Crippen LogP contribution is -2.54. The highest BCUT2D eigenvalue weighted by atomic mass is 16.6. The summed E-state index contributed by atoms with van der Waals surface area (Å²) in [6, 6.07) is 1.76. The molecule has 1 aromatic heterocycles. The van der Waals surface area contributed by atoms with Gasteiger partial charge in [0.25, 0.3) is 0 Å². The van der Waals surface area contributed by atoms with Crippen LogP contribution >= 0.6 is 0 Å². The Morgan fingerprint density at radius 1 is 1.29 bits per heavy atom. The van der Waals surface area contributed by atoms with Gasteiger partial charge in [-0.25, -0.2) is 9.79 Å². The molecule has 0 saturated carbocycles. The molecule has 0 bridgehead atoms. The number of ether oxygens (including phenoxy) is 1. The normalized spacial score (nSPS) is 12.7. The molecule has 0 unspecified atom stereocenters. The molecule has 1 rings (SSSR count). The Labute approximate surface area is 143 Å². The van der Waals surface area contributed by atoms with Crippen molar-refractivity contribution in [3.8, 4) is 0 Å². The average molecular weight is 339 g/mol. The van der Waals surface area contributed by atoms with Crippen LogP contribution in [0.1, 0.15) is 47.2 Å². The largest absolute Gasteiger partial charge is 0.444 e. The summed E-state index contributed by atoms with van der Waals surface area (Å²) in [6.07, 6.45) is 1.07. The quantitative estimate of drug-likeness (QED) is 0.541. The molecule has 3 N–H and O–H groups in total. The number of rotatable bonds is 6. The molecule has 0 spiro atoms. The van der Waals surface area contributed by atoms with Gasteiger partial charge in [0.1, 0.15) is 17.6 Å². The second-order valence-electron chi connectivity index (χ2n) is 7.05. The van der Waals surface area contributed by atoms with E-state index in [1.807, 2.05) is 41.5 Å². The fourth-order valence-corrected chi connectivity index (χ4v) is 1.75. The van der Waals surface area contributed by atoms with Crippen LogP contribution in [-0.2, 0) is 11.3 Å². The summed E-state index contributed by atoms with van der Waals surface area (Å²) >= 11 is 0. The number of nitrogens with zero attached hydrogens (tertiary/aromatic N) is 2. The van der Waals surface area contributed by atoms with Gasteiger partial charge in [0.15, 0.2) is 5.96 Å². The van der Waals surface area contributed by atoms with Gasteiger partial charge in [0, 0.05) is 19.2 Å². The van der Waals surface area contributed by atoms with Crippen LogP contribution in [0.15, 0.2) is 21.8 Å². The van der Waals surface area contributed by atoms with Gasteiger partial charge >= 0.3 is 6.09 Å². The van der Waals surface area contributed by atoms with E-state index in [0.717, 1.165) is 12.2 Å². The molecule has 1 heterocycles. The van der Waals surface area contributed by atoms with E-state index in [0.29, 0.717) is 19.0 Å². The maximum Gasteiger partial charge on any atom is 0.408 e. The molecule has 0 saturated heterocycles. The van der Waals surface area contributed by atoms with Crippen molar-refractivity contribution in [1.29, 1.82) is 0 Å². The van der Waals surface area contributed by atoms with Crippen LogP contribution in [0.5, 0.6) is 0 Å². The number of guanidine groups is 1. The Morgan fingerprint density at radius 2 is 2.00 bits per heavy atom. The highest BCUT2D eigenvalue weighted by molar-refractivity contribution is 5.80. The molecule has 136 valence electrons. The minimum Gasteiger partial charge on any atom is -0.444 e. The fraction of sp³-hybridized carbons (Fsp3) is 0.688. The van der Waals surface area contributed by atoms with Crippen LogP contribution in [0.4, 0.5) is 4.79 Å². The van der Waals surface area contributed by atoms with Gasteiger partial charge in [-0.2, -0.15) is 0 Å². The van der Waals surface area contributed by atoms with Gasteiger partial charge in [0.2, 0.25) is 0 Å². The number of carbonyl (C=O) groups excluding carboxylic acids is 1. The molecule has 1 aromatic rings. The summed E-state index contributed by atoms with van der Waals surface area (Å²) < 4.78 is 10.1. The number of nitrogens with one attached hydrogen (secondary N) is 3. The van der Waals surface area contributed by atoms with Crippen LogP contribution in [0.2, 0.25) is 0 Å². The van der Waals surface area contributed by atoms with Gasteiger partial charge in [0.05, 0.1) is 12.1 Å². The standard InChI is InChI=1S/C16H29N5O3/c1-7-17-13(18-10-12-8-9-23-21-12)19-11-16(5,6)20-14(22)24-15(2,3)4/h8-9H,7,10-11H2,1-6H3,(H,20,22)(H2,17,18,19). The molecule has 0 atom stereocenters. The van der Waals surface area contributed by atoms with Crippen molar-refractivity contribution in [1.82, 2.24) is 21.1 Å². The Kier molecular flexibility index (Phi) is 7.06. The summed E-state index contributed by atoms with van der Waals surface area (Å²) in [6.45, 7) is 12.9. The average Bonchev–Trinajstić information content (AvgIpc) is 2.92. The number of hydrogen-bond donors (Lipinski definition) is 3. The third-order valence-electron chi connectivity index (χ3n) is 2.77. The Balaban J connectivity index is 2.54. The van der Waals surface area contributed by atoms with Crippen molar-refractivity contribution in [3.05, 3.63) is 18.0 Å². The number of amides is 1. The van der Waals surface area contributed by atoms with E-state index in [1.54, 1.807) is 6.07 Å². The van der Waals surface area contributed by atoms with Gasteiger partial charge in [-0.05, 0) is 41.5 Å². The Bertz CT molecular complexity index is 532. The number of carbonyl (C=O) groups is 1. The van der Waals surface area contributed by atoms with Gasteiger partial charge < -0.3 is 25.2 Å². The maximum atomic E-state index is 11.9. The molecule has 0 aliphatic heterocycles. The molecule has 0 fully saturated rings. The Hall–Kier alpha value is -2.25. The second kappa shape index (κ2) is 8.56. The van der Waals surface area contributed by atoms with Crippen LogP contribution < -0.4 is 16.0 Å². The highest BCUT2D eigenvalue weighted by Gasteiger charge is 2.24. The zero-order valence-electron chi connectivity index (χ0n) is 15.4. The number of alkyl carbamates (subject to hydrolysis) is 1. The fourth-order valence-electron chi connectivity index (χ4n) is 1.75. The van der Waals surface area contributed by atoms with E-state index in [9.17, 15) is 4.79 Å². The molecular weight excluding hydrogens is 310 g/mol. The van der Waals surface area contributed by atoms with Crippen molar-refractivity contribution in [2.75, 3.05) is 13.1 Å². The van der Waals surface area contributed by atoms with Crippen LogP contribution in [-0.4, -0.2) is 41.4 Å². The number of aromatic nitrogens is 1. The van der Waals surface area contributed by atoms with Crippen LogP contribution in [0.3, 0.4) is 0 Å². The molecule has 1 amide bonds. The van der Waals surface area contributed by atoms with E-state index < -0.39 is 17.2 Å². The molecular formula is C16H29N5O3. The molecule has 0 radical (unpaired) electrons. The van der Waals surface area contributed by atoms with Crippen molar-refractivity contribution in [2.24, 2.45) is 4.99 Å². The minimum absolute atomic E-state index is 0.408. The molecule has 8 heteroatoms. The van der Waals surface area contributed by atoms with Crippen LogP contribution in [0, 0.1) is 0 Å². The zero-order valence-corrected chi connectivity index (χ0v) is 15.4. The smallest absolute Gasteiger partial charge is 0.408 e. The third kappa shape index (κ3) is 8.40. The second-order valence-corrected chi connectivity index (χ2v) is 7.05. The summed E-state index contributed by atoms with van der Waals surface area (Å²) in [7, 11) is 0. The first-order valence-electron chi connectivity index (χ1n) is 8.04. The first kappa shape index (κ1) is 19.8. The van der Waals surface area contributed by atoms with Gasteiger partial charge in [-0.3, -0.25) is 0 Å². The summed E-state index contributed by atoms with van der Waals surface area (Å²) in [5.41, 5.74) is -0.285. The van der Waals surface area contributed by atoms with Crippen molar-refractivity contribution in [2.45, 2.75) is 59.2 Å². The lowest BCUT2D eigenvalue weighted by Gasteiger charge is -2.29. The summed E-state index contributed by atoms with van der Waals surface area (Å²) in [5, 5.41) is 13.0. The van der Waals surface area contributed by atoms with Crippen molar-refractivity contribution >= 4 is 12.1 Å². The highest BCUT2D eigenvalue weighted by Crippen LogP contribution is 2.09. The first-order chi connectivity index (χ1) is 11.1. The minimum atomic E-state index is -0.526. The number of hydrogen-bond acceptors (Lipinski definition) is 5. The van der Waals surface area contributed by atoms with E-state index in [4.69, 9.17) is 9.26 Å². The topological polar surface area (TPSA) is 101 Å². The van der Waals surface area contributed by atoms with E-state index in [1.165, 1.54) is 6.26 Å². The predicted molar refractivity (Wildman–Crippen MR) is 92.8 cm³/mol. The molecule has 8 nitrogen and oxygen atoms in total. The number of aliphatic imine (C=N–C) groups is 1. The van der Waals surface area contributed by atoms with Crippen molar-refractivity contribution < 1.29 is 14.1 Å². The van der Waals surface area contributed by atoms with Crippen molar-refractivity contribution in [3.63, 3.8) is 0 Å². The lowest BCUT2D eigenvalue weighted by molar-refractivity contribution is 0.0474. The molecule has 0 aliphatic carbocycles. The zero-order chi connectivity index (χ0) is 18.2. The molecule has 24 heavy (non-hydrogen) atoms. The third-order valence-corrected chi connectivity index (χ3v) is 2.77. The SMILES string of the molecule is CCNC(=NCc1ccon1)NCC(C)(C)NC(=O)OC(C)(C)C. The van der Waals surface area contributed by atoms with Gasteiger partial charge in [-0.1, -0.05) is 5.16 Å². The monoisotopic (exact) mass is 339 g/mol. The van der Waals surface area contributed by atoms with E-state index in [2.05, 4.69) is 26.1 Å². The Morgan fingerprint density at radius 3 is 2.54 bits per heavy atom. The molecule has 0 aliphatic rings. The lowest BCUT2D eigenvalue weighted by atomic mass is 10.1. The predicted octanol–water partition coefficient (Wildman–Crippen LogP) is 2.03. The van der Waals surface area contributed by atoms with E-state index >= 15 is 0 Å². The first-order valence-corrected chi connectivity index (χ1v) is 8.04. The van der Waals surface area contributed by atoms with Crippen LogP contribution in [0.25, 0.3) is 0 Å². The molecule has 0 aromatic carbocycles. The van der Waals surface area contributed by atoms with Gasteiger partial charge in [-0.15, -0.1) is 0 Å².